The van der Waals surface area contributed by atoms with Crippen LogP contribution < -0.4 is 5.32 Å². The lowest BCUT2D eigenvalue weighted by Crippen LogP contribution is -2.45. The third-order valence-corrected chi connectivity index (χ3v) is 3.96. The lowest BCUT2D eigenvalue weighted by Gasteiger charge is -2.35. The number of piperazine rings is 1. The SMILES string of the molecule is Cc1ccc([C@H](CCC(F)(F)F)N2CCNCC2)c(F)c1F.Cl. The van der Waals surface area contributed by atoms with Gasteiger partial charge in [0.15, 0.2) is 11.6 Å². The van der Waals surface area contributed by atoms with Crippen molar-refractivity contribution in [2.45, 2.75) is 32.0 Å². The van der Waals surface area contributed by atoms with Gasteiger partial charge in [-0.05, 0) is 18.9 Å². The van der Waals surface area contributed by atoms with Crippen molar-refractivity contribution in [1.82, 2.24) is 10.2 Å². The van der Waals surface area contributed by atoms with Crippen LogP contribution in [0.5, 0.6) is 0 Å². The Bertz CT molecular complexity index is 515. The number of benzene rings is 1. The molecule has 1 aliphatic rings. The quantitative estimate of drug-likeness (QED) is 0.819. The maximum atomic E-state index is 14.2. The smallest absolute Gasteiger partial charge is 0.314 e. The van der Waals surface area contributed by atoms with Crippen LogP contribution in [0.3, 0.4) is 0 Å². The molecule has 1 aromatic carbocycles. The predicted molar refractivity (Wildman–Crippen MR) is 80.8 cm³/mol. The van der Waals surface area contributed by atoms with Crippen LogP contribution >= 0.6 is 12.4 Å². The van der Waals surface area contributed by atoms with E-state index in [1.165, 1.54) is 19.1 Å². The molecule has 1 atom stereocenters. The van der Waals surface area contributed by atoms with E-state index in [2.05, 4.69) is 5.32 Å². The number of nitrogens with one attached hydrogen (secondary N) is 1. The molecule has 1 aromatic rings. The van der Waals surface area contributed by atoms with E-state index in [9.17, 15) is 22.0 Å². The second-order valence-electron chi connectivity index (χ2n) is 5.56. The summed E-state index contributed by atoms with van der Waals surface area (Å²) in [5.74, 6) is -2.02. The molecule has 23 heavy (non-hydrogen) atoms. The Morgan fingerprint density at radius 2 is 1.74 bits per heavy atom. The molecule has 0 saturated carbocycles. The van der Waals surface area contributed by atoms with Crippen molar-refractivity contribution in [1.29, 1.82) is 0 Å². The topological polar surface area (TPSA) is 15.3 Å². The van der Waals surface area contributed by atoms with E-state index in [1.807, 2.05) is 0 Å². The first-order valence-corrected chi connectivity index (χ1v) is 7.25. The highest BCUT2D eigenvalue weighted by molar-refractivity contribution is 5.85. The Morgan fingerprint density at radius 3 is 2.30 bits per heavy atom. The lowest BCUT2D eigenvalue weighted by molar-refractivity contribution is -0.138. The fourth-order valence-electron chi connectivity index (χ4n) is 2.75. The van der Waals surface area contributed by atoms with Gasteiger partial charge in [-0.3, -0.25) is 4.90 Å². The summed E-state index contributed by atoms with van der Waals surface area (Å²) in [6.07, 6.45) is -5.61. The molecule has 1 aliphatic heterocycles. The van der Waals surface area contributed by atoms with Crippen molar-refractivity contribution >= 4 is 12.4 Å². The Labute approximate surface area is 138 Å². The third kappa shape index (κ3) is 5.29. The van der Waals surface area contributed by atoms with Crippen molar-refractivity contribution in [2.75, 3.05) is 26.2 Å². The maximum Gasteiger partial charge on any atom is 0.389 e. The Morgan fingerprint density at radius 1 is 1.13 bits per heavy atom. The summed E-state index contributed by atoms with van der Waals surface area (Å²) in [5, 5.41) is 3.10. The van der Waals surface area contributed by atoms with Gasteiger partial charge in [-0.1, -0.05) is 12.1 Å². The minimum absolute atomic E-state index is 0. The van der Waals surface area contributed by atoms with Crippen LogP contribution in [0, 0.1) is 18.6 Å². The Kier molecular flexibility index (Phi) is 7.23. The van der Waals surface area contributed by atoms with Gasteiger partial charge in [-0.25, -0.2) is 8.78 Å². The maximum absolute atomic E-state index is 14.2. The van der Waals surface area contributed by atoms with Gasteiger partial charge in [0.25, 0.3) is 0 Å². The molecule has 0 spiro atoms. The van der Waals surface area contributed by atoms with Gasteiger partial charge in [-0.2, -0.15) is 13.2 Å². The zero-order valence-electron chi connectivity index (χ0n) is 12.7. The van der Waals surface area contributed by atoms with Crippen LogP contribution in [0.1, 0.15) is 30.0 Å². The van der Waals surface area contributed by atoms with Crippen molar-refractivity contribution in [3.63, 3.8) is 0 Å². The second kappa shape index (κ2) is 8.26. The van der Waals surface area contributed by atoms with Crippen molar-refractivity contribution in [2.24, 2.45) is 0 Å². The van der Waals surface area contributed by atoms with Crippen molar-refractivity contribution < 1.29 is 22.0 Å². The van der Waals surface area contributed by atoms with Crippen LogP contribution in [0.4, 0.5) is 22.0 Å². The van der Waals surface area contributed by atoms with E-state index >= 15 is 0 Å². The van der Waals surface area contributed by atoms with E-state index in [4.69, 9.17) is 0 Å². The van der Waals surface area contributed by atoms with Gasteiger partial charge < -0.3 is 5.32 Å². The summed E-state index contributed by atoms with van der Waals surface area (Å²) in [6.45, 7) is 3.70. The molecule has 0 radical (unpaired) electrons. The number of rotatable bonds is 4. The van der Waals surface area contributed by atoms with Gasteiger partial charge in [0, 0.05) is 44.2 Å². The first kappa shape index (κ1) is 20.1. The standard InChI is InChI=1S/C15H19F5N2.ClH/c1-10-2-3-11(14(17)13(10)16)12(4-5-15(18,19)20)22-8-6-21-7-9-22;/h2-3,12,21H,4-9H2,1H3;1H/t12-;/m0./s1. The molecule has 0 amide bonds. The van der Waals surface area contributed by atoms with Gasteiger partial charge in [0.2, 0.25) is 0 Å². The number of alkyl halides is 3. The molecule has 1 fully saturated rings. The fraction of sp³-hybridized carbons (Fsp3) is 0.600. The zero-order chi connectivity index (χ0) is 16.3. The molecule has 1 saturated heterocycles. The van der Waals surface area contributed by atoms with E-state index in [1.54, 1.807) is 4.90 Å². The highest BCUT2D eigenvalue weighted by atomic mass is 35.5. The summed E-state index contributed by atoms with van der Waals surface area (Å²) in [5.41, 5.74) is 0.158. The number of hydrogen-bond donors (Lipinski definition) is 1. The van der Waals surface area contributed by atoms with E-state index in [-0.39, 0.29) is 30.0 Å². The number of aryl methyl sites for hydroxylation is 1. The summed E-state index contributed by atoms with van der Waals surface area (Å²) in [4.78, 5) is 1.79. The van der Waals surface area contributed by atoms with Crippen LogP contribution in [0.15, 0.2) is 12.1 Å². The van der Waals surface area contributed by atoms with Gasteiger partial charge in [0.1, 0.15) is 0 Å². The summed E-state index contributed by atoms with van der Waals surface area (Å²) < 4.78 is 65.6. The summed E-state index contributed by atoms with van der Waals surface area (Å²) >= 11 is 0. The first-order chi connectivity index (χ1) is 10.3. The van der Waals surface area contributed by atoms with Gasteiger partial charge >= 0.3 is 6.18 Å². The molecule has 8 heteroatoms. The fourth-order valence-corrected chi connectivity index (χ4v) is 2.75. The molecule has 1 heterocycles. The molecule has 2 nitrogen and oxygen atoms in total. The van der Waals surface area contributed by atoms with Crippen LogP contribution in [-0.4, -0.2) is 37.3 Å². The monoisotopic (exact) mass is 358 g/mol. The van der Waals surface area contributed by atoms with E-state index in [0.29, 0.717) is 26.2 Å². The minimum Gasteiger partial charge on any atom is -0.314 e. The van der Waals surface area contributed by atoms with Crippen molar-refractivity contribution in [3.05, 3.63) is 34.9 Å². The summed E-state index contributed by atoms with van der Waals surface area (Å²) in [6, 6.07) is 2.05. The third-order valence-electron chi connectivity index (χ3n) is 3.96. The molecule has 1 N–H and O–H groups in total. The minimum atomic E-state index is -4.31. The van der Waals surface area contributed by atoms with Crippen LogP contribution in [0.2, 0.25) is 0 Å². The largest absolute Gasteiger partial charge is 0.389 e. The molecular weight excluding hydrogens is 339 g/mol. The van der Waals surface area contributed by atoms with Crippen LogP contribution in [-0.2, 0) is 0 Å². The normalized spacial score (nSPS) is 17.7. The number of halogens is 6. The average Bonchev–Trinajstić information content (AvgIpc) is 2.47. The van der Waals surface area contributed by atoms with E-state index in [0.717, 1.165) is 0 Å². The lowest BCUT2D eigenvalue weighted by atomic mass is 9.97. The second-order valence-corrected chi connectivity index (χ2v) is 5.56. The molecule has 0 bridgehead atoms. The number of nitrogens with zero attached hydrogens (tertiary/aromatic N) is 1. The predicted octanol–water partition coefficient (Wildman–Crippen LogP) is 3.98. The summed E-state index contributed by atoms with van der Waals surface area (Å²) in [7, 11) is 0. The highest BCUT2D eigenvalue weighted by Crippen LogP contribution is 2.34. The molecular formula is C15H20ClF5N2. The average molecular weight is 359 g/mol. The Hall–Kier alpha value is -0.920. The van der Waals surface area contributed by atoms with Crippen molar-refractivity contribution in [3.8, 4) is 0 Å². The number of hydrogen-bond acceptors (Lipinski definition) is 2. The highest BCUT2D eigenvalue weighted by Gasteiger charge is 2.32. The molecule has 2 rings (SSSR count). The molecule has 0 unspecified atom stereocenters. The first-order valence-electron chi connectivity index (χ1n) is 7.25. The Balaban J connectivity index is 0.00000264. The molecule has 132 valence electrons. The van der Waals surface area contributed by atoms with E-state index < -0.39 is 30.3 Å². The van der Waals surface area contributed by atoms with Gasteiger partial charge in [0.05, 0.1) is 0 Å². The van der Waals surface area contributed by atoms with Crippen LogP contribution in [0.25, 0.3) is 0 Å². The zero-order valence-corrected chi connectivity index (χ0v) is 13.5. The van der Waals surface area contributed by atoms with Gasteiger partial charge in [-0.15, -0.1) is 12.4 Å². The molecule has 0 aliphatic carbocycles. The molecule has 0 aromatic heterocycles.